The van der Waals surface area contributed by atoms with Gasteiger partial charge in [-0.15, -0.1) is 10.2 Å². The molecule has 0 atom stereocenters. The van der Waals surface area contributed by atoms with Crippen LogP contribution in [0.15, 0.2) is 27.6 Å². The van der Waals surface area contributed by atoms with Gasteiger partial charge in [-0.25, -0.2) is 12.7 Å². The van der Waals surface area contributed by atoms with E-state index in [1.54, 1.807) is 6.92 Å². The maximum absolute atomic E-state index is 12.4. The fourth-order valence-electron chi connectivity index (χ4n) is 1.31. The van der Waals surface area contributed by atoms with Crippen molar-refractivity contribution in [3.05, 3.63) is 32.7 Å². The highest BCUT2D eigenvalue weighted by molar-refractivity contribution is 9.10. The van der Waals surface area contributed by atoms with Crippen LogP contribution in [-0.4, -0.2) is 25.7 Å². The third kappa shape index (κ3) is 2.91. The van der Waals surface area contributed by atoms with Crippen LogP contribution in [0.5, 0.6) is 0 Å². The first-order chi connectivity index (χ1) is 8.82. The molecule has 102 valence electrons. The molecule has 1 heterocycles. The zero-order valence-electron chi connectivity index (χ0n) is 9.96. The van der Waals surface area contributed by atoms with Crippen LogP contribution >= 0.6 is 38.9 Å². The maximum atomic E-state index is 12.4. The highest BCUT2D eigenvalue weighted by atomic mass is 79.9. The highest BCUT2D eigenvalue weighted by Gasteiger charge is 2.24. The van der Waals surface area contributed by atoms with Crippen molar-refractivity contribution in [2.45, 2.75) is 11.8 Å². The molecular formula is C10H9BrClN3O2S2. The zero-order valence-corrected chi connectivity index (χ0v) is 13.9. The van der Waals surface area contributed by atoms with Gasteiger partial charge in [0.05, 0.1) is 9.92 Å². The van der Waals surface area contributed by atoms with Gasteiger partial charge in [-0.3, -0.25) is 0 Å². The van der Waals surface area contributed by atoms with Gasteiger partial charge in [0.15, 0.2) is 0 Å². The molecule has 0 bridgehead atoms. The van der Waals surface area contributed by atoms with Gasteiger partial charge >= 0.3 is 0 Å². The third-order valence-electron chi connectivity index (χ3n) is 2.33. The number of rotatable bonds is 3. The van der Waals surface area contributed by atoms with Gasteiger partial charge in [0, 0.05) is 11.5 Å². The van der Waals surface area contributed by atoms with Crippen LogP contribution in [0, 0.1) is 6.92 Å². The van der Waals surface area contributed by atoms with Crippen molar-refractivity contribution in [3.63, 3.8) is 0 Å². The Morgan fingerprint density at radius 2 is 2.05 bits per heavy atom. The first kappa shape index (κ1) is 14.7. The molecule has 9 heteroatoms. The molecule has 1 aromatic carbocycles. The van der Waals surface area contributed by atoms with Gasteiger partial charge < -0.3 is 0 Å². The van der Waals surface area contributed by atoms with E-state index >= 15 is 0 Å². The van der Waals surface area contributed by atoms with Crippen LogP contribution in [0.1, 0.15) is 5.01 Å². The quantitative estimate of drug-likeness (QED) is 0.818. The van der Waals surface area contributed by atoms with Crippen molar-refractivity contribution < 1.29 is 8.42 Å². The molecule has 0 aliphatic carbocycles. The Morgan fingerprint density at radius 3 is 2.58 bits per heavy atom. The molecule has 0 N–H and O–H groups in total. The van der Waals surface area contributed by atoms with Gasteiger partial charge in [0.1, 0.15) is 5.01 Å². The SMILES string of the molecule is Cc1nnc(N(C)S(=O)(=O)c2ccc(Cl)c(Br)c2)s1. The van der Waals surface area contributed by atoms with Crippen LogP contribution in [0.2, 0.25) is 5.02 Å². The summed E-state index contributed by atoms with van der Waals surface area (Å²) in [6.07, 6.45) is 0. The molecule has 2 aromatic rings. The number of aryl methyl sites for hydroxylation is 1. The molecule has 0 amide bonds. The topological polar surface area (TPSA) is 63.2 Å². The summed E-state index contributed by atoms with van der Waals surface area (Å²) < 4.78 is 26.4. The minimum absolute atomic E-state index is 0.138. The molecule has 19 heavy (non-hydrogen) atoms. The standard InChI is InChI=1S/C10H9BrClN3O2S2/c1-6-13-14-10(18-6)15(2)19(16,17)7-3-4-9(12)8(11)5-7/h3-5H,1-2H3. The average molecular weight is 383 g/mol. The van der Waals surface area contributed by atoms with E-state index in [4.69, 9.17) is 11.6 Å². The Hall–Kier alpha value is -0.700. The third-order valence-corrected chi connectivity index (χ3v) is 6.32. The van der Waals surface area contributed by atoms with E-state index in [0.29, 0.717) is 19.6 Å². The van der Waals surface area contributed by atoms with Crippen molar-refractivity contribution in [1.29, 1.82) is 0 Å². The number of benzene rings is 1. The zero-order chi connectivity index (χ0) is 14.2. The smallest absolute Gasteiger partial charge is 0.243 e. The number of anilines is 1. The minimum atomic E-state index is -3.67. The predicted octanol–water partition coefficient (Wildman–Crippen LogP) is 3.09. The van der Waals surface area contributed by atoms with Gasteiger partial charge in [0.2, 0.25) is 5.13 Å². The lowest BCUT2D eigenvalue weighted by molar-refractivity contribution is 0.594. The molecule has 0 unspecified atom stereocenters. The maximum Gasteiger partial charge on any atom is 0.265 e. The lowest BCUT2D eigenvalue weighted by Crippen LogP contribution is -2.26. The second-order valence-corrected chi connectivity index (χ2v) is 8.04. The lowest BCUT2D eigenvalue weighted by atomic mass is 10.4. The van der Waals surface area contributed by atoms with Crippen LogP contribution in [0.3, 0.4) is 0 Å². The Labute approximate surface area is 128 Å². The van der Waals surface area contributed by atoms with E-state index in [2.05, 4.69) is 26.1 Å². The van der Waals surface area contributed by atoms with E-state index < -0.39 is 10.0 Å². The summed E-state index contributed by atoms with van der Waals surface area (Å²) in [5.74, 6) is 0. The van der Waals surface area contributed by atoms with E-state index in [9.17, 15) is 8.42 Å². The molecule has 0 fully saturated rings. The molecule has 2 rings (SSSR count). The summed E-state index contributed by atoms with van der Waals surface area (Å²) in [6, 6.07) is 4.44. The molecule has 0 aliphatic heterocycles. The van der Waals surface area contributed by atoms with Crippen molar-refractivity contribution in [2.75, 3.05) is 11.4 Å². The van der Waals surface area contributed by atoms with Crippen molar-refractivity contribution >= 4 is 54.0 Å². The summed E-state index contributed by atoms with van der Waals surface area (Å²) in [5.41, 5.74) is 0. The first-order valence-electron chi connectivity index (χ1n) is 5.06. The second-order valence-electron chi connectivity index (χ2n) is 3.65. The van der Waals surface area contributed by atoms with Crippen LogP contribution < -0.4 is 4.31 Å². The van der Waals surface area contributed by atoms with Crippen molar-refractivity contribution in [3.8, 4) is 0 Å². The number of aromatic nitrogens is 2. The average Bonchev–Trinajstić information content (AvgIpc) is 2.78. The van der Waals surface area contributed by atoms with E-state index in [0.717, 1.165) is 4.31 Å². The van der Waals surface area contributed by atoms with E-state index in [1.165, 1.54) is 36.6 Å². The molecule has 0 saturated heterocycles. The van der Waals surface area contributed by atoms with Crippen LogP contribution in [0.25, 0.3) is 0 Å². The summed E-state index contributed by atoms with van der Waals surface area (Å²) in [4.78, 5) is 0.138. The van der Waals surface area contributed by atoms with E-state index in [1.807, 2.05) is 0 Å². The monoisotopic (exact) mass is 381 g/mol. The highest BCUT2D eigenvalue weighted by Crippen LogP contribution is 2.29. The summed E-state index contributed by atoms with van der Waals surface area (Å²) in [6.45, 7) is 1.76. The van der Waals surface area contributed by atoms with Crippen LogP contribution in [0.4, 0.5) is 5.13 Å². The largest absolute Gasteiger partial charge is 0.265 e. The van der Waals surface area contributed by atoms with Gasteiger partial charge in [-0.1, -0.05) is 22.9 Å². The summed E-state index contributed by atoms with van der Waals surface area (Å²) in [7, 11) is -2.22. The molecule has 5 nitrogen and oxygen atoms in total. The number of hydrogen-bond acceptors (Lipinski definition) is 5. The summed E-state index contributed by atoms with van der Waals surface area (Å²) >= 11 is 10.3. The molecule has 1 aromatic heterocycles. The molecular weight excluding hydrogens is 374 g/mol. The normalized spacial score (nSPS) is 11.6. The minimum Gasteiger partial charge on any atom is -0.243 e. The lowest BCUT2D eigenvalue weighted by Gasteiger charge is -2.15. The Balaban J connectivity index is 2.44. The Morgan fingerprint density at radius 1 is 1.37 bits per heavy atom. The van der Waals surface area contributed by atoms with Crippen LogP contribution in [-0.2, 0) is 10.0 Å². The molecule has 0 spiro atoms. The second kappa shape index (κ2) is 5.35. The molecule has 0 radical (unpaired) electrons. The number of hydrogen-bond donors (Lipinski definition) is 0. The van der Waals surface area contributed by atoms with E-state index in [-0.39, 0.29) is 4.90 Å². The first-order valence-corrected chi connectivity index (χ1v) is 8.49. The molecule has 0 aliphatic rings. The molecule has 0 saturated carbocycles. The fourth-order valence-corrected chi connectivity index (χ4v) is 3.99. The van der Waals surface area contributed by atoms with Crippen molar-refractivity contribution in [2.24, 2.45) is 0 Å². The predicted molar refractivity (Wildman–Crippen MR) is 79.4 cm³/mol. The number of sulfonamides is 1. The fraction of sp³-hybridized carbons (Fsp3) is 0.200. The summed E-state index contributed by atoms with van der Waals surface area (Å²) in [5, 5.41) is 9.11. The Bertz CT molecular complexity index is 717. The van der Waals surface area contributed by atoms with Crippen molar-refractivity contribution in [1.82, 2.24) is 10.2 Å². The number of halogens is 2. The van der Waals surface area contributed by atoms with Gasteiger partial charge in [-0.05, 0) is 41.1 Å². The Kier molecular flexibility index (Phi) is 4.14. The van der Waals surface area contributed by atoms with Gasteiger partial charge in [0.25, 0.3) is 10.0 Å². The van der Waals surface area contributed by atoms with Gasteiger partial charge in [-0.2, -0.15) is 0 Å². The number of nitrogens with zero attached hydrogens (tertiary/aromatic N) is 3.